The molecule has 4 nitrogen and oxygen atoms in total. The summed E-state index contributed by atoms with van der Waals surface area (Å²) in [6, 6.07) is 16.7. The molecule has 2 aromatic rings. The molecular formula is C21H20ClN3O. The van der Waals surface area contributed by atoms with Crippen molar-refractivity contribution in [2.24, 2.45) is 9.98 Å². The Morgan fingerprint density at radius 2 is 1.81 bits per heavy atom. The average molecular weight is 366 g/mol. The number of para-hydroxylation sites is 1. The van der Waals surface area contributed by atoms with Gasteiger partial charge in [-0.25, -0.2) is 4.99 Å². The maximum atomic E-state index is 5.96. The van der Waals surface area contributed by atoms with Crippen molar-refractivity contribution in [3.8, 4) is 5.75 Å². The summed E-state index contributed by atoms with van der Waals surface area (Å²) in [4.78, 5) is 12.2. The zero-order chi connectivity index (χ0) is 16.8. The van der Waals surface area contributed by atoms with Gasteiger partial charge in [-0.15, -0.1) is 12.4 Å². The van der Waals surface area contributed by atoms with E-state index in [2.05, 4.69) is 42.2 Å². The van der Waals surface area contributed by atoms with Gasteiger partial charge >= 0.3 is 0 Å². The minimum atomic E-state index is 0. The van der Waals surface area contributed by atoms with Crippen molar-refractivity contribution in [3.63, 3.8) is 0 Å². The van der Waals surface area contributed by atoms with E-state index < -0.39 is 0 Å². The largest absolute Gasteiger partial charge is 0.493 e. The number of aliphatic imine (C=N–C) groups is 2. The third-order valence-corrected chi connectivity index (χ3v) is 4.93. The van der Waals surface area contributed by atoms with Crippen LogP contribution in [0.3, 0.4) is 0 Å². The summed E-state index contributed by atoms with van der Waals surface area (Å²) in [5.74, 6) is 2.97. The van der Waals surface area contributed by atoms with Crippen LogP contribution in [0.2, 0.25) is 0 Å². The number of rotatable bonds is 1. The zero-order valence-electron chi connectivity index (χ0n) is 14.6. The maximum absolute atomic E-state index is 5.96. The van der Waals surface area contributed by atoms with Crippen LogP contribution in [0.4, 0.5) is 0 Å². The van der Waals surface area contributed by atoms with Gasteiger partial charge in [0.25, 0.3) is 0 Å². The molecule has 3 aliphatic rings. The van der Waals surface area contributed by atoms with Crippen LogP contribution in [0, 0.1) is 6.92 Å². The number of halogens is 1. The fourth-order valence-corrected chi connectivity index (χ4v) is 3.68. The first kappa shape index (κ1) is 16.9. The second-order valence-corrected chi connectivity index (χ2v) is 6.58. The van der Waals surface area contributed by atoms with Gasteiger partial charge in [0, 0.05) is 29.7 Å². The standard InChI is InChI=1S/C21H19N3O.ClH/c1-14-6-8-15(9-7-14)20-23-19-16-4-2-3-5-18(16)25-13-10-17(19)21-22-11-12-24(20)21;/h2-9H,10-13H2,1H3;1H. The highest BCUT2D eigenvalue weighted by atomic mass is 35.5. The van der Waals surface area contributed by atoms with Crippen LogP contribution in [0.25, 0.3) is 5.70 Å². The number of aryl methyl sites for hydroxylation is 1. The monoisotopic (exact) mass is 365 g/mol. The summed E-state index contributed by atoms with van der Waals surface area (Å²) in [7, 11) is 0. The van der Waals surface area contributed by atoms with Crippen LogP contribution in [0.15, 0.2) is 64.1 Å². The third kappa shape index (κ3) is 2.61. The Morgan fingerprint density at radius 3 is 2.65 bits per heavy atom. The fraction of sp³-hybridized carbons (Fsp3) is 0.238. The van der Waals surface area contributed by atoms with E-state index in [9.17, 15) is 0 Å². The lowest BCUT2D eigenvalue weighted by atomic mass is 10.00. The van der Waals surface area contributed by atoms with Gasteiger partial charge < -0.3 is 9.64 Å². The summed E-state index contributed by atoms with van der Waals surface area (Å²) in [5.41, 5.74) is 5.67. The molecule has 0 bridgehead atoms. The molecule has 132 valence electrons. The fourth-order valence-electron chi connectivity index (χ4n) is 3.68. The Morgan fingerprint density at radius 1 is 1.00 bits per heavy atom. The molecule has 0 saturated carbocycles. The van der Waals surface area contributed by atoms with E-state index in [4.69, 9.17) is 14.7 Å². The predicted octanol–water partition coefficient (Wildman–Crippen LogP) is 4.08. The second kappa shape index (κ2) is 6.61. The number of benzene rings is 2. The molecule has 0 saturated heterocycles. The first-order chi connectivity index (χ1) is 12.3. The Bertz CT molecular complexity index is 944. The third-order valence-electron chi connectivity index (χ3n) is 4.93. The number of fused-ring (bicyclic) bond motifs is 4. The number of ether oxygens (including phenoxy) is 1. The van der Waals surface area contributed by atoms with Crippen molar-refractivity contribution in [1.82, 2.24) is 4.90 Å². The molecule has 26 heavy (non-hydrogen) atoms. The van der Waals surface area contributed by atoms with Gasteiger partial charge in [-0.2, -0.15) is 0 Å². The van der Waals surface area contributed by atoms with E-state index in [0.29, 0.717) is 6.61 Å². The molecule has 3 heterocycles. The van der Waals surface area contributed by atoms with E-state index in [-0.39, 0.29) is 12.4 Å². The first-order valence-corrected chi connectivity index (χ1v) is 8.75. The minimum Gasteiger partial charge on any atom is -0.493 e. The molecular weight excluding hydrogens is 346 g/mol. The van der Waals surface area contributed by atoms with Crippen molar-refractivity contribution in [3.05, 3.63) is 70.8 Å². The lowest BCUT2D eigenvalue weighted by Crippen LogP contribution is -2.38. The molecule has 0 N–H and O–H groups in total. The van der Waals surface area contributed by atoms with Gasteiger partial charge in [0.05, 0.1) is 18.8 Å². The van der Waals surface area contributed by atoms with Crippen molar-refractivity contribution in [1.29, 1.82) is 0 Å². The summed E-state index contributed by atoms with van der Waals surface area (Å²) in [5, 5.41) is 0. The van der Waals surface area contributed by atoms with Crippen molar-refractivity contribution in [2.45, 2.75) is 13.3 Å². The number of hydrogen-bond acceptors (Lipinski definition) is 4. The highest BCUT2D eigenvalue weighted by Crippen LogP contribution is 2.38. The number of amidine groups is 2. The van der Waals surface area contributed by atoms with E-state index >= 15 is 0 Å². The average Bonchev–Trinajstić information content (AvgIpc) is 3.05. The Labute approximate surface area is 159 Å². The van der Waals surface area contributed by atoms with E-state index in [1.54, 1.807) is 0 Å². The van der Waals surface area contributed by atoms with Crippen LogP contribution < -0.4 is 4.74 Å². The lowest BCUT2D eigenvalue weighted by Gasteiger charge is -2.29. The van der Waals surface area contributed by atoms with Gasteiger partial charge in [0.1, 0.15) is 17.4 Å². The van der Waals surface area contributed by atoms with Crippen molar-refractivity contribution < 1.29 is 4.74 Å². The molecule has 5 heteroatoms. The molecule has 0 atom stereocenters. The molecule has 3 aliphatic heterocycles. The summed E-state index contributed by atoms with van der Waals surface area (Å²) < 4.78 is 5.96. The predicted molar refractivity (Wildman–Crippen MR) is 107 cm³/mol. The van der Waals surface area contributed by atoms with Gasteiger partial charge in [-0.3, -0.25) is 4.99 Å². The molecule has 0 fully saturated rings. The number of nitrogens with zero attached hydrogens (tertiary/aromatic N) is 3. The Kier molecular flexibility index (Phi) is 4.29. The van der Waals surface area contributed by atoms with Crippen molar-refractivity contribution >= 4 is 29.8 Å². The van der Waals surface area contributed by atoms with E-state index in [0.717, 1.165) is 53.8 Å². The van der Waals surface area contributed by atoms with Crippen LogP contribution in [-0.4, -0.2) is 36.3 Å². The van der Waals surface area contributed by atoms with E-state index in [1.165, 1.54) is 11.1 Å². The highest BCUT2D eigenvalue weighted by molar-refractivity contribution is 6.22. The van der Waals surface area contributed by atoms with E-state index in [1.807, 2.05) is 18.2 Å². The molecule has 0 aliphatic carbocycles. The smallest absolute Gasteiger partial charge is 0.142 e. The molecule has 0 radical (unpaired) electrons. The summed E-state index contributed by atoms with van der Waals surface area (Å²) >= 11 is 0. The van der Waals surface area contributed by atoms with Crippen LogP contribution in [0.1, 0.15) is 23.1 Å². The van der Waals surface area contributed by atoms with Crippen molar-refractivity contribution in [2.75, 3.05) is 19.7 Å². The van der Waals surface area contributed by atoms with Gasteiger partial charge in [0.15, 0.2) is 0 Å². The maximum Gasteiger partial charge on any atom is 0.142 e. The van der Waals surface area contributed by atoms with Gasteiger partial charge in [-0.1, -0.05) is 42.0 Å². The molecule has 0 unspecified atom stereocenters. The van der Waals surface area contributed by atoms with Crippen LogP contribution >= 0.6 is 12.4 Å². The quantitative estimate of drug-likeness (QED) is 0.763. The molecule has 0 amide bonds. The zero-order valence-corrected chi connectivity index (χ0v) is 15.4. The Hall–Kier alpha value is -2.59. The molecule has 0 aromatic heterocycles. The summed E-state index contributed by atoms with van der Waals surface area (Å²) in [6.07, 6.45) is 0.837. The Balaban J connectivity index is 0.00000168. The van der Waals surface area contributed by atoms with Crippen LogP contribution in [0.5, 0.6) is 5.75 Å². The second-order valence-electron chi connectivity index (χ2n) is 6.58. The van der Waals surface area contributed by atoms with Gasteiger partial charge in [0.2, 0.25) is 0 Å². The topological polar surface area (TPSA) is 37.2 Å². The molecule has 2 aromatic carbocycles. The van der Waals surface area contributed by atoms with Gasteiger partial charge in [-0.05, 0) is 19.1 Å². The van der Waals surface area contributed by atoms with Crippen LogP contribution in [-0.2, 0) is 0 Å². The molecule has 0 spiro atoms. The number of hydrogen-bond donors (Lipinski definition) is 0. The summed E-state index contributed by atoms with van der Waals surface area (Å²) in [6.45, 7) is 4.48. The lowest BCUT2D eigenvalue weighted by molar-refractivity contribution is 0.325. The highest BCUT2D eigenvalue weighted by Gasteiger charge is 2.34. The molecule has 5 rings (SSSR count). The normalized spacial score (nSPS) is 17.8. The minimum absolute atomic E-state index is 0. The SMILES string of the molecule is Cc1ccc(C2=NC3=C(CCOc4ccccc43)C3=NCCN32)cc1.Cl. The first-order valence-electron chi connectivity index (χ1n) is 8.75.